The van der Waals surface area contributed by atoms with E-state index in [1.54, 1.807) is 18.0 Å². The van der Waals surface area contributed by atoms with Crippen molar-refractivity contribution in [2.24, 2.45) is 0 Å². The van der Waals surface area contributed by atoms with Crippen molar-refractivity contribution in [3.05, 3.63) is 30.1 Å². The van der Waals surface area contributed by atoms with Crippen molar-refractivity contribution in [2.75, 3.05) is 18.1 Å². The quantitative estimate of drug-likeness (QED) is 0.530. The fraction of sp³-hybridized carbons (Fsp3) is 0.650. The number of aromatic nitrogens is 1. The van der Waals surface area contributed by atoms with Crippen LogP contribution in [0.2, 0.25) is 0 Å². The first-order valence-corrected chi connectivity index (χ1v) is 10.9. The second kappa shape index (κ2) is 12.0. The van der Waals surface area contributed by atoms with Gasteiger partial charge in [0.2, 0.25) is 5.91 Å². The lowest BCUT2D eigenvalue weighted by Gasteiger charge is -2.36. The van der Waals surface area contributed by atoms with E-state index >= 15 is 0 Å². The molecule has 0 saturated carbocycles. The van der Waals surface area contributed by atoms with Gasteiger partial charge in [-0.1, -0.05) is 6.07 Å². The molecule has 27 heavy (non-hydrogen) atoms. The molecule has 1 aliphatic heterocycles. The Labute approximate surface area is 165 Å². The lowest BCUT2D eigenvalue weighted by Crippen LogP contribution is -2.45. The zero-order valence-corrected chi connectivity index (χ0v) is 16.6. The fourth-order valence-electron chi connectivity index (χ4n) is 3.44. The Hall–Kier alpha value is -1.60. The third-order valence-electron chi connectivity index (χ3n) is 4.85. The number of hydrogen-bond acceptors (Lipinski definition) is 5. The van der Waals surface area contributed by atoms with Gasteiger partial charge in [-0.15, -0.1) is 0 Å². The zero-order valence-electron chi connectivity index (χ0n) is 15.8. The van der Waals surface area contributed by atoms with Crippen LogP contribution >= 0.6 is 11.8 Å². The van der Waals surface area contributed by atoms with Crippen molar-refractivity contribution in [1.82, 2.24) is 9.88 Å². The molecule has 0 aromatic carbocycles. The smallest absolute Gasteiger partial charge is 0.303 e. The summed E-state index contributed by atoms with van der Waals surface area (Å²) >= 11 is 1.70. The zero-order chi connectivity index (χ0) is 19.5. The highest BCUT2D eigenvalue weighted by molar-refractivity contribution is 7.99. The molecule has 1 fully saturated rings. The molecule has 1 unspecified atom stereocenters. The summed E-state index contributed by atoms with van der Waals surface area (Å²) in [4.78, 5) is 29.1. The number of amides is 1. The Morgan fingerprint density at radius 3 is 2.96 bits per heavy atom. The SMILES string of the molecule is O=C(O)CCCSCCN1C(=O)CCC[C@@H]1CCC(O)Cc1ccccn1. The van der Waals surface area contributed by atoms with Crippen molar-refractivity contribution < 1.29 is 19.8 Å². The van der Waals surface area contributed by atoms with Crippen LogP contribution in [0.4, 0.5) is 0 Å². The lowest BCUT2D eigenvalue weighted by atomic mass is 9.95. The fourth-order valence-corrected chi connectivity index (χ4v) is 4.32. The third-order valence-corrected chi connectivity index (χ3v) is 5.90. The van der Waals surface area contributed by atoms with Crippen molar-refractivity contribution in [1.29, 1.82) is 0 Å². The number of rotatable bonds is 12. The van der Waals surface area contributed by atoms with Crippen LogP contribution in [-0.4, -0.2) is 62.2 Å². The molecule has 1 saturated heterocycles. The number of aliphatic hydroxyl groups is 1. The van der Waals surface area contributed by atoms with Crippen LogP contribution < -0.4 is 0 Å². The van der Waals surface area contributed by atoms with E-state index in [0.29, 0.717) is 32.2 Å². The first-order valence-electron chi connectivity index (χ1n) is 9.73. The van der Waals surface area contributed by atoms with E-state index < -0.39 is 12.1 Å². The van der Waals surface area contributed by atoms with Gasteiger partial charge in [-0.25, -0.2) is 0 Å². The highest BCUT2D eigenvalue weighted by Gasteiger charge is 2.27. The molecule has 0 bridgehead atoms. The molecule has 0 aliphatic carbocycles. The van der Waals surface area contributed by atoms with Crippen LogP contribution in [0.15, 0.2) is 24.4 Å². The molecule has 1 aliphatic rings. The van der Waals surface area contributed by atoms with Crippen molar-refractivity contribution >= 4 is 23.6 Å². The maximum atomic E-state index is 12.3. The van der Waals surface area contributed by atoms with Gasteiger partial charge in [-0.2, -0.15) is 11.8 Å². The third kappa shape index (κ3) is 8.30. The van der Waals surface area contributed by atoms with Crippen LogP contribution in [0.1, 0.15) is 50.6 Å². The molecule has 2 heterocycles. The van der Waals surface area contributed by atoms with Crippen LogP contribution in [-0.2, 0) is 16.0 Å². The first-order chi connectivity index (χ1) is 13.1. The summed E-state index contributed by atoms with van der Waals surface area (Å²) in [5.74, 6) is 1.09. The summed E-state index contributed by atoms with van der Waals surface area (Å²) in [6.45, 7) is 0.706. The summed E-state index contributed by atoms with van der Waals surface area (Å²) in [5, 5.41) is 19.0. The normalized spacial score (nSPS) is 18.5. The number of pyridine rings is 1. The largest absolute Gasteiger partial charge is 0.481 e. The molecule has 1 aromatic rings. The first kappa shape index (κ1) is 21.7. The number of carboxylic acids is 1. The van der Waals surface area contributed by atoms with Crippen LogP contribution in [0.3, 0.4) is 0 Å². The Balaban J connectivity index is 1.72. The number of likely N-dealkylation sites (tertiary alicyclic amines) is 1. The van der Waals surface area contributed by atoms with Gasteiger partial charge in [0, 0.05) is 49.5 Å². The number of aliphatic hydroxyl groups excluding tert-OH is 1. The number of aliphatic carboxylic acids is 1. The maximum absolute atomic E-state index is 12.3. The molecule has 0 spiro atoms. The lowest BCUT2D eigenvalue weighted by molar-refractivity contribution is -0.137. The van der Waals surface area contributed by atoms with Gasteiger partial charge in [-0.05, 0) is 50.0 Å². The van der Waals surface area contributed by atoms with Crippen molar-refractivity contribution in [2.45, 2.75) is 63.5 Å². The number of thioether (sulfide) groups is 1. The molecular formula is C20H30N2O4S. The number of nitrogens with zero attached hydrogens (tertiary/aromatic N) is 2. The summed E-state index contributed by atoms with van der Waals surface area (Å²) in [5.41, 5.74) is 0.888. The van der Waals surface area contributed by atoms with Gasteiger partial charge < -0.3 is 15.1 Å². The second-order valence-electron chi connectivity index (χ2n) is 7.00. The molecule has 0 radical (unpaired) electrons. The van der Waals surface area contributed by atoms with Gasteiger partial charge in [0.05, 0.1) is 6.10 Å². The molecular weight excluding hydrogens is 364 g/mol. The van der Waals surface area contributed by atoms with Crippen molar-refractivity contribution in [3.63, 3.8) is 0 Å². The van der Waals surface area contributed by atoms with E-state index in [-0.39, 0.29) is 18.4 Å². The highest BCUT2D eigenvalue weighted by atomic mass is 32.2. The summed E-state index contributed by atoms with van der Waals surface area (Å²) < 4.78 is 0. The Morgan fingerprint density at radius 2 is 2.22 bits per heavy atom. The Bertz CT molecular complexity index is 585. The number of carbonyl (C=O) groups is 2. The molecule has 2 N–H and O–H groups in total. The van der Waals surface area contributed by atoms with Gasteiger partial charge in [-0.3, -0.25) is 14.6 Å². The number of piperidine rings is 1. The average Bonchev–Trinajstić information content (AvgIpc) is 2.65. The molecule has 1 amide bonds. The minimum Gasteiger partial charge on any atom is -0.481 e. The van der Waals surface area contributed by atoms with E-state index in [4.69, 9.17) is 5.11 Å². The average molecular weight is 395 g/mol. The van der Waals surface area contributed by atoms with E-state index in [1.807, 2.05) is 23.1 Å². The second-order valence-corrected chi connectivity index (χ2v) is 8.22. The summed E-state index contributed by atoms with van der Waals surface area (Å²) in [7, 11) is 0. The monoisotopic (exact) mass is 394 g/mol. The molecule has 150 valence electrons. The van der Waals surface area contributed by atoms with Crippen molar-refractivity contribution in [3.8, 4) is 0 Å². The van der Waals surface area contributed by atoms with Crippen LogP contribution in [0, 0.1) is 0 Å². The standard InChI is InChI=1S/C20H30N2O4S/c23-18(15-16-5-1-2-11-21-16)10-9-17-6-3-7-19(24)22(17)12-14-27-13-4-8-20(25)26/h1-2,5,11,17-18,23H,3-4,6-10,12-15H2,(H,25,26)/t17-,18?/m1/s1. The number of carboxylic acid groups (broad SMARTS) is 1. The Morgan fingerprint density at radius 1 is 1.37 bits per heavy atom. The molecule has 7 heteroatoms. The van der Waals surface area contributed by atoms with Crippen LogP contribution in [0.5, 0.6) is 0 Å². The summed E-state index contributed by atoms with van der Waals surface area (Å²) in [6.07, 6.45) is 6.69. The predicted molar refractivity (Wildman–Crippen MR) is 107 cm³/mol. The van der Waals surface area contributed by atoms with E-state index in [0.717, 1.165) is 36.5 Å². The Kier molecular flexibility index (Phi) is 9.62. The molecule has 1 aromatic heterocycles. The summed E-state index contributed by atoms with van der Waals surface area (Å²) in [6, 6.07) is 5.90. The van der Waals surface area contributed by atoms with Gasteiger partial charge in [0.1, 0.15) is 0 Å². The maximum Gasteiger partial charge on any atom is 0.303 e. The van der Waals surface area contributed by atoms with Gasteiger partial charge in [0.25, 0.3) is 0 Å². The molecule has 2 atom stereocenters. The van der Waals surface area contributed by atoms with Crippen LogP contribution in [0.25, 0.3) is 0 Å². The molecule has 6 nitrogen and oxygen atoms in total. The predicted octanol–water partition coefficient (Wildman–Crippen LogP) is 2.74. The van der Waals surface area contributed by atoms with E-state index in [1.165, 1.54) is 0 Å². The topological polar surface area (TPSA) is 90.7 Å². The van der Waals surface area contributed by atoms with Gasteiger partial charge >= 0.3 is 5.97 Å². The highest BCUT2D eigenvalue weighted by Crippen LogP contribution is 2.23. The van der Waals surface area contributed by atoms with Gasteiger partial charge in [0.15, 0.2) is 0 Å². The van der Waals surface area contributed by atoms with E-state index in [2.05, 4.69) is 4.98 Å². The number of carbonyl (C=O) groups excluding carboxylic acids is 1. The minimum atomic E-state index is -0.758. The molecule has 2 rings (SSSR count). The minimum absolute atomic E-state index is 0.198. The van der Waals surface area contributed by atoms with E-state index in [9.17, 15) is 14.7 Å². The number of hydrogen-bond donors (Lipinski definition) is 2.